The largest absolute Gasteiger partial charge is 0.498 e. The number of rotatable bonds is 5. The van der Waals surface area contributed by atoms with Crippen LogP contribution in [-0.4, -0.2) is 50.0 Å². The van der Waals surface area contributed by atoms with Crippen LogP contribution in [0.25, 0.3) is 0 Å². The summed E-state index contributed by atoms with van der Waals surface area (Å²) in [5.74, 6) is -1.03. The van der Waals surface area contributed by atoms with E-state index in [4.69, 9.17) is 9.47 Å². The molecule has 1 aliphatic heterocycles. The van der Waals surface area contributed by atoms with Gasteiger partial charge in [0.2, 0.25) is 5.78 Å². The van der Waals surface area contributed by atoms with E-state index in [0.29, 0.717) is 17.9 Å². The maximum atomic E-state index is 13.9. The third-order valence-corrected chi connectivity index (χ3v) is 4.59. The number of benzene rings is 1. The van der Waals surface area contributed by atoms with Crippen LogP contribution >= 0.6 is 0 Å². The fourth-order valence-corrected chi connectivity index (χ4v) is 3.19. The van der Waals surface area contributed by atoms with Gasteiger partial charge in [0, 0.05) is 43.1 Å². The van der Waals surface area contributed by atoms with Crippen LogP contribution in [0.15, 0.2) is 59.0 Å². The molecule has 1 N–H and O–H groups in total. The number of carbonyl (C=O) groups excluding carboxylic acids is 2. The summed E-state index contributed by atoms with van der Waals surface area (Å²) in [5.41, 5.74) is 1.20. The number of halogens is 1. The van der Waals surface area contributed by atoms with E-state index >= 15 is 0 Å². The molecular formula is C20H21FN2O4. The normalized spacial score (nSPS) is 19.3. The Hall–Kier alpha value is -2.93. The summed E-state index contributed by atoms with van der Waals surface area (Å²) in [4.78, 5) is 27.8. The molecule has 1 heterocycles. The number of likely N-dealkylation sites (N-methyl/N-ethyl adjacent to an activating group) is 1. The molecule has 7 heteroatoms. The van der Waals surface area contributed by atoms with Crippen LogP contribution in [0.1, 0.15) is 6.92 Å². The van der Waals surface area contributed by atoms with Gasteiger partial charge in [0.15, 0.2) is 6.10 Å². The van der Waals surface area contributed by atoms with Crippen molar-refractivity contribution in [2.45, 2.75) is 13.0 Å². The molecule has 0 spiro atoms. The average Bonchev–Trinajstić information content (AvgIpc) is 2.68. The predicted octanol–water partition coefficient (Wildman–Crippen LogP) is 2.41. The quantitative estimate of drug-likeness (QED) is 0.860. The fraction of sp³-hybridized carbons (Fsp3) is 0.300. The van der Waals surface area contributed by atoms with Gasteiger partial charge < -0.3 is 19.7 Å². The number of nitrogens with zero attached hydrogens (tertiary/aromatic N) is 1. The molecule has 1 aromatic carbocycles. The minimum absolute atomic E-state index is 0.0643. The van der Waals surface area contributed by atoms with E-state index in [1.54, 1.807) is 12.1 Å². The van der Waals surface area contributed by atoms with Crippen LogP contribution < -0.4 is 5.32 Å². The number of methoxy groups -OCH3 is 2. The monoisotopic (exact) mass is 372 g/mol. The molecule has 0 saturated heterocycles. The molecule has 0 radical (unpaired) electrons. The Bertz CT molecular complexity index is 872. The average molecular weight is 372 g/mol. The summed E-state index contributed by atoms with van der Waals surface area (Å²) in [6.45, 7) is 2.83. The highest BCUT2D eigenvalue weighted by Crippen LogP contribution is 2.33. The molecule has 1 amide bonds. The second-order valence-electron chi connectivity index (χ2n) is 6.17. The van der Waals surface area contributed by atoms with Crippen LogP contribution in [0.4, 0.5) is 10.1 Å². The van der Waals surface area contributed by atoms with Crippen molar-refractivity contribution >= 4 is 17.4 Å². The Labute approximate surface area is 156 Å². The van der Waals surface area contributed by atoms with E-state index in [2.05, 4.69) is 5.32 Å². The number of amides is 1. The highest BCUT2D eigenvalue weighted by molar-refractivity contribution is 6.16. The van der Waals surface area contributed by atoms with Gasteiger partial charge in [0.25, 0.3) is 5.91 Å². The first-order chi connectivity index (χ1) is 13.0. The zero-order valence-electron chi connectivity index (χ0n) is 15.4. The minimum Gasteiger partial charge on any atom is -0.498 e. The molecule has 6 nitrogen and oxygen atoms in total. The van der Waals surface area contributed by atoms with Gasteiger partial charge in [0.05, 0.1) is 12.8 Å². The van der Waals surface area contributed by atoms with E-state index < -0.39 is 17.8 Å². The standard InChI is InChI=1S/C20H21FN2O4/c1-4-23-10-12-9-16(26-2)19(27-3)18(24)17(12)13(11-23)20(25)22-15-8-6-5-7-14(15)21/h5-10,19H,4,11H2,1-3H3,(H,22,25). The Morgan fingerprint density at radius 2 is 2.07 bits per heavy atom. The molecule has 1 unspecified atom stereocenters. The van der Waals surface area contributed by atoms with E-state index in [-0.39, 0.29) is 29.2 Å². The molecule has 0 fully saturated rings. The van der Waals surface area contributed by atoms with E-state index in [0.717, 1.165) is 0 Å². The second-order valence-corrected chi connectivity index (χ2v) is 6.17. The predicted molar refractivity (Wildman–Crippen MR) is 98.3 cm³/mol. The molecule has 142 valence electrons. The lowest BCUT2D eigenvalue weighted by Crippen LogP contribution is -2.39. The molecule has 0 aromatic heterocycles. The molecule has 0 saturated carbocycles. The first-order valence-electron chi connectivity index (χ1n) is 8.58. The number of ether oxygens (including phenoxy) is 2. The fourth-order valence-electron chi connectivity index (χ4n) is 3.19. The number of fused-ring (bicyclic) bond motifs is 1. The van der Waals surface area contributed by atoms with E-state index in [1.165, 1.54) is 32.4 Å². The van der Waals surface area contributed by atoms with Gasteiger partial charge in [-0.3, -0.25) is 9.59 Å². The summed E-state index contributed by atoms with van der Waals surface area (Å²) in [7, 11) is 2.87. The zero-order valence-corrected chi connectivity index (χ0v) is 15.4. The molecule has 3 rings (SSSR count). The van der Waals surface area contributed by atoms with Gasteiger partial charge in [-0.1, -0.05) is 12.1 Å². The van der Waals surface area contributed by atoms with Gasteiger partial charge in [-0.05, 0) is 25.1 Å². The van der Waals surface area contributed by atoms with Gasteiger partial charge in [-0.25, -0.2) is 4.39 Å². The second kappa shape index (κ2) is 7.75. The van der Waals surface area contributed by atoms with Gasteiger partial charge >= 0.3 is 0 Å². The third-order valence-electron chi connectivity index (χ3n) is 4.59. The number of allylic oxidation sites excluding steroid dienone is 2. The lowest BCUT2D eigenvalue weighted by molar-refractivity contribution is -0.125. The van der Waals surface area contributed by atoms with Crippen molar-refractivity contribution < 1.29 is 23.5 Å². The first kappa shape index (κ1) is 18.8. The molecule has 0 bridgehead atoms. The van der Waals surface area contributed by atoms with Crippen molar-refractivity contribution in [3.05, 3.63) is 64.8 Å². The van der Waals surface area contributed by atoms with E-state index in [9.17, 15) is 14.0 Å². The number of carbonyl (C=O) groups is 2. The lowest BCUT2D eigenvalue weighted by Gasteiger charge is -2.32. The van der Waals surface area contributed by atoms with Crippen LogP contribution in [-0.2, 0) is 19.1 Å². The number of Topliss-reactive ketones (excluding diaryl/α,β-unsaturated/α-hetero) is 1. The van der Waals surface area contributed by atoms with Crippen molar-refractivity contribution in [2.24, 2.45) is 0 Å². The van der Waals surface area contributed by atoms with Crippen molar-refractivity contribution in [3.8, 4) is 0 Å². The Morgan fingerprint density at radius 1 is 1.33 bits per heavy atom. The smallest absolute Gasteiger partial charge is 0.254 e. The van der Waals surface area contributed by atoms with Gasteiger partial charge in [0.1, 0.15) is 11.6 Å². The van der Waals surface area contributed by atoms with Crippen molar-refractivity contribution in [1.82, 2.24) is 4.90 Å². The van der Waals surface area contributed by atoms with Crippen molar-refractivity contribution in [2.75, 3.05) is 32.6 Å². The van der Waals surface area contributed by atoms with Crippen LogP contribution in [0.2, 0.25) is 0 Å². The van der Waals surface area contributed by atoms with Crippen LogP contribution in [0.5, 0.6) is 0 Å². The van der Waals surface area contributed by atoms with Crippen molar-refractivity contribution in [1.29, 1.82) is 0 Å². The molecule has 27 heavy (non-hydrogen) atoms. The number of nitrogens with one attached hydrogen (secondary N) is 1. The topological polar surface area (TPSA) is 67.9 Å². The summed E-state index contributed by atoms with van der Waals surface area (Å²) in [6.07, 6.45) is 2.60. The van der Waals surface area contributed by atoms with Crippen LogP contribution in [0.3, 0.4) is 0 Å². The molecule has 2 aliphatic rings. The summed E-state index contributed by atoms with van der Waals surface area (Å²) in [5, 5.41) is 2.57. The third kappa shape index (κ3) is 3.50. The zero-order chi connectivity index (χ0) is 19.6. The molecule has 1 aliphatic carbocycles. The Balaban J connectivity index is 2.05. The Kier molecular flexibility index (Phi) is 5.41. The highest BCUT2D eigenvalue weighted by atomic mass is 19.1. The van der Waals surface area contributed by atoms with Crippen molar-refractivity contribution in [3.63, 3.8) is 0 Å². The molecule has 1 aromatic rings. The Morgan fingerprint density at radius 3 is 2.70 bits per heavy atom. The first-order valence-corrected chi connectivity index (χ1v) is 8.58. The SMILES string of the molecule is CCN1C=C2C=C(OC)C(OC)C(=O)C2=C(C(=O)Nc2ccccc2F)C1. The maximum absolute atomic E-state index is 13.9. The summed E-state index contributed by atoms with van der Waals surface area (Å²) >= 11 is 0. The minimum atomic E-state index is -0.911. The number of anilines is 1. The summed E-state index contributed by atoms with van der Waals surface area (Å²) in [6, 6.07) is 5.90. The summed E-state index contributed by atoms with van der Waals surface area (Å²) < 4.78 is 24.5. The van der Waals surface area contributed by atoms with Gasteiger partial charge in [-0.2, -0.15) is 0 Å². The molecular weight excluding hydrogens is 351 g/mol. The highest BCUT2D eigenvalue weighted by Gasteiger charge is 2.38. The number of para-hydroxylation sites is 1. The number of hydrogen-bond donors (Lipinski definition) is 1. The molecule has 1 atom stereocenters. The van der Waals surface area contributed by atoms with Gasteiger partial charge in [-0.15, -0.1) is 0 Å². The maximum Gasteiger partial charge on any atom is 0.254 e. The number of ketones is 1. The van der Waals surface area contributed by atoms with Crippen LogP contribution in [0, 0.1) is 5.82 Å². The number of hydrogen-bond acceptors (Lipinski definition) is 5. The lowest BCUT2D eigenvalue weighted by atomic mass is 9.85. The van der Waals surface area contributed by atoms with E-state index in [1.807, 2.05) is 18.0 Å².